The average Bonchev–Trinajstić information content (AvgIpc) is 2.34. The highest BCUT2D eigenvalue weighted by molar-refractivity contribution is 6.29. The average molecular weight is 244 g/mol. The Morgan fingerprint density at radius 3 is 2.24 bits per heavy atom. The Balaban J connectivity index is 3.89. The molecule has 0 rings (SSSR count). The summed E-state index contributed by atoms with van der Waals surface area (Å²) < 4.78 is 13.4. The maximum absolute atomic E-state index is 11.2. The van der Waals surface area contributed by atoms with Crippen LogP contribution < -0.4 is 0 Å². The van der Waals surface area contributed by atoms with Crippen LogP contribution in [-0.4, -0.2) is 38.2 Å². The van der Waals surface area contributed by atoms with Gasteiger partial charge in [-0.1, -0.05) is 19.9 Å². The SMILES string of the molecule is C=C(COC(=O)C(=O)OC)C(=O)OCCCC. The smallest absolute Gasteiger partial charge is 0.417 e. The standard InChI is InChI=1S/C11H16O6/c1-4-5-6-16-9(12)8(2)7-17-11(14)10(13)15-3/h2,4-7H2,1,3H3. The zero-order valence-corrected chi connectivity index (χ0v) is 9.99. The van der Waals surface area contributed by atoms with Gasteiger partial charge in [-0.15, -0.1) is 0 Å². The highest BCUT2D eigenvalue weighted by Gasteiger charge is 2.17. The van der Waals surface area contributed by atoms with E-state index in [-0.39, 0.29) is 12.2 Å². The van der Waals surface area contributed by atoms with Crippen molar-refractivity contribution in [3.8, 4) is 0 Å². The van der Waals surface area contributed by atoms with E-state index >= 15 is 0 Å². The monoisotopic (exact) mass is 244 g/mol. The first-order valence-corrected chi connectivity index (χ1v) is 5.12. The van der Waals surface area contributed by atoms with Crippen molar-refractivity contribution in [3.05, 3.63) is 12.2 Å². The van der Waals surface area contributed by atoms with Crippen molar-refractivity contribution >= 4 is 17.9 Å². The van der Waals surface area contributed by atoms with E-state index in [0.29, 0.717) is 6.61 Å². The Kier molecular flexibility index (Phi) is 7.41. The van der Waals surface area contributed by atoms with E-state index in [4.69, 9.17) is 4.74 Å². The van der Waals surface area contributed by atoms with Gasteiger partial charge in [-0.05, 0) is 6.42 Å². The molecule has 0 aromatic carbocycles. The molecule has 0 aliphatic carbocycles. The maximum Gasteiger partial charge on any atom is 0.417 e. The van der Waals surface area contributed by atoms with E-state index in [1.165, 1.54) is 0 Å². The van der Waals surface area contributed by atoms with Crippen LogP contribution in [0.15, 0.2) is 12.2 Å². The van der Waals surface area contributed by atoms with Gasteiger partial charge >= 0.3 is 17.9 Å². The van der Waals surface area contributed by atoms with E-state index in [0.717, 1.165) is 20.0 Å². The molecule has 0 saturated heterocycles. The summed E-state index contributed by atoms with van der Waals surface area (Å²) in [5, 5.41) is 0. The fourth-order valence-corrected chi connectivity index (χ4v) is 0.765. The first kappa shape index (κ1) is 15.2. The predicted molar refractivity (Wildman–Crippen MR) is 58.0 cm³/mol. The normalized spacial score (nSPS) is 9.29. The fourth-order valence-electron chi connectivity index (χ4n) is 0.765. The minimum absolute atomic E-state index is 0.0293. The zero-order valence-electron chi connectivity index (χ0n) is 9.99. The molecule has 6 heteroatoms. The van der Waals surface area contributed by atoms with Gasteiger partial charge in [0.05, 0.1) is 19.3 Å². The number of hydrogen-bond donors (Lipinski definition) is 0. The molecular formula is C11H16O6. The van der Waals surface area contributed by atoms with Gasteiger partial charge in [-0.2, -0.15) is 0 Å². The Hall–Kier alpha value is -1.85. The third-order valence-electron chi connectivity index (χ3n) is 1.75. The summed E-state index contributed by atoms with van der Waals surface area (Å²) in [6.45, 7) is 5.25. The maximum atomic E-state index is 11.2. The van der Waals surface area contributed by atoms with Crippen LogP contribution in [0.5, 0.6) is 0 Å². The van der Waals surface area contributed by atoms with E-state index in [9.17, 15) is 14.4 Å². The summed E-state index contributed by atoms with van der Waals surface area (Å²) in [6, 6.07) is 0. The number of hydrogen-bond acceptors (Lipinski definition) is 6. The van der Waals surface area contributed by atoms with Crippen LogP contribution in [0, 0.1) is 0 Å². The van der Waals surface area contributed by atoms with Crippen molar-refractivity contribution in [2.45, 2.75) is 19.8 Å². The van der Waals surface area contributed by atoms with E-state index in [1.807, 2.05) is 6.92 Å². The molecule has 0 aliphatic heterocycles. The van der Waals surface area contributed by atoms with E-state index in [1.54, 1.807) is 0 Å². The first-order chi connectivity index (χ1) is 8.02. The Morgan fingerprint density at radius 1 is 1.06 bits per heavy atom. The van der Waals surface area contributed by atoms with Crippen LogP contribution in [-0.2, 0) is 28.6 Å². The van der Waals surface area contributed by atoms with Crippen molar-refractivity contribution in [1.29, 1.82) is 0 Å². The number of esters is 3. The summed E-state index contributed by atoms with van der Waals surface area (Å²) in [5.41, 5.74) is -0.0293. The van der Waals surface area contributed by atoms with Crippen LogP contribution in [0.1, 0.15) is 19.8 Å². The number of ether oxygens (including phenoxy) is 3. The molecule has 0 aromatic rings. The summed E-state index contributed by atoms with van der Waals surface area (Å²) in [6.07, 6.45) is 1.65. The lowest BCUT2D eigenvalue weighted by Gasteiger charge is -2.06. The molecule has 0 amide bonds. The number of carbonyl (C=O) groups is 3. The molecule has 0 bridgehead atoms. The molecule has 0 heterocycles. The van der Waals surface area contributed by atoms with Crippen molar-refractivity contribution in [1.82, 2.24) is 0 Å². The van der Waals surface area contributed by atoms with Crippen LogP contribution in [0.4, 0.5) is 0 Å². The largest absolute Gasteiger partial charge is 0.462 e. The third-order valence-corrected chi connectivity index (χ3v) is 1.75. The zero-order chi connectivity index (χ0) is 13.3. The van der Waals surface area contributed by atoms with Gasteiger partial charge in [0.15, 0.2) is 0 Å². The minimum Gasteiger partial charge on any atom is -0.462 e. The summed E-state index contributed by atoms with van der Waals surface area (Å²) >= 11 is 0. The van der Waals surface area contributed by atoms with E-state index in [2.05, 4.69) is 16.1 Å². The van der Waals surface area contributed by atoms with Gasteiger partial charge in [-0.25, -0.2) is 14.4 Å². The molecule has 17 heavy (non-hydrogen) atoms. The Bertz CT molecular complexity index is 307. The number of carbonyl (C=O) groups excluding carboxylic acids is 3. The van der Waals surface area contributed by atoms with Gasteiger partial charge in [0.2, 0.25) is 0 Å². The second-order valence-electron chi connectivity index (χ2n) is 3.16. The van der Waals surface area contributed by atoms with Crippen LogP contribution >= 0.6 is 0 Å². The second kappa shape index (κ2) is 8.32. The van der Waals surface area contributed by atoms with Gasteiger partial charge in [0, 0.05) is 0 Å². The number of rotatable bonds is 6. The molecular weight excluding hydrogens is 228 g/mol. The molecule has 0 atom stereocenters. The lowest BCUT2D eigenvalue weighted by atomic mass is 10.3. The van der Waals surface area contributed by atoms with Gasteiger partial charge in [0.25, 0.3) is 0 Å². The molecule has 0 spiro atoms. The van der Waals surface area contributed by atoms with Crippen molar-refractivity contribution in [2.75, 3.05) is 20.3 Å². The predicted octanol–water partition coefficient (Wildman–Crippen LogP) is 0.602. The molecule has 0 saturated carbocycles. The highest BCUT2D eigenvalue weighted by Crippen LogP contribution is 1.99. The van der Waals surface area contributed by atoms with Gasteiger partial charge < -0.3 is 14.2 Å². The molecule has 0 unspecified atom stereocenters. The van der Waals surface area contributed by atoms with Crippen LogP contribution in [0.2, 0.25) is 0 Å². The molecule has 96 valence electrons. The number of methoxy groups -OCH3 is 1. The lowest BCUT2D eigenvalue weighted by Crippen LogP contribution is -2.21. The summed E-state index contributed by atoms with van der Waals surface area (Å²) in [7, 11) is 1.05. The molecule has 0 radical (unpaired) electrons. The Morgan fingerprint density at radius 2 is 1.71 bits per heavy atom. The Labute approximate surface area is 99.5 Å². The molecule has 0 fully saturated rings. The molecule has 0 aliphatic rings. The summed E-state index contributed by atoms with van der Waals surface area (Å²) in [5.74, 6) is -2.94. The molecule has 0 aromatic heterocycles. The van der Waals surface area contributed by atoms with E-state index < -0.39 is 17.9 Å². The lowest BCUT2D eigenvalue weighted by molar-refractivity contribution is -0.165. The second-order valence-corrected chi connectivity index (χ2v) is 3.16. The minimum atomic E-state index is -1.17. The highest BCUT2D eigenvalue weighted by atomic mass is 16.6. The van der Waals surface area contributed by atoms with Crippen molar-refractivity contribution in [3.63, 3.8) is 0 Å². The molecule has 0 N–H and O–H groups in total. The van der Waals surface area contributed by atoms with Crippen molar-refractivity contribution in [2.24, 2.45) is 0 Å². The molecule has 6 nitrogen and oxygen atoms in total. The fraction of sp³-hybridized carbons (Fsp3) is 0.545. The van der Waals surface area contributed by atoms with Gasteiger partial charge in [0.1, 0.15) is 6.61 Å². The van der Waals surface area contributed by atoms with Crippen LogP contribution in [0.3, 0.4) is 0 Å². The van der Waals surface area contributed by atoms with Crippen LogP contribution in [0.25, 0.3) is 0 Å². The summed E-state index contributed by atoms with van der Waals surface area (Å²) in [4.78, 5) is 32.8. The third kappa shape index (κ3) is 6.34. The topological polar surface area (TPSA) is 78.9 Å². The van der Waals surface area contributed by atoms with Crippen molar-refractivity contribution < 1.29 is 28.6 Å². The number of unbranched alkanes of at least 4 members (excludes halogenated alkanes) is 1. The van der Waals surface area contributed by atoms with Gasteiger partial charge in [-0.3, -0.25) is 0 Å². The first-order valence-electron chi connectivity index (χ1n) is 5.12. The quantitative estimate of drug-likeness (QED) is 0.224.